The number of rotatable bonds is 8. The summed E-state index contributed by atoms with van der Waals surface area (Å²) in [5.41, 5.74) is 5.56. The molecule has 0 heteroatoms. The minimum atomic E-state index is 0.691. The van der Waals surface area contributed by atoms with Crippen LogP contribution in [0.2, 0.25) is 0 Å². The summed E-state index contributed by atoms with van der Waals surface area (Å²) in [4.78, 5) is 0. The minimum Gasteiger partial charge on any atom is -0.0730 e. The quantitative estimate of drug-likeness (QED) is 0.310. The third-order valence-electron chi connectivity index (χ3n) is 6.45. The molecule has 30 heavy (non-hydrogen) atoms. The lowest BCUT2D eigenvalue weighted by atomic mass is 9.78. The van der Waals surface area contributed by atoms with Crippen LogP contribution in [0.3, 0.4) is 0 Å². The van der Waals surface area contributed by atoms with E-state index in [9.17, 15) is 0 Å². The fourth-order valence-corrected chi connectivity index (χ4v) is 4.53. The Balaban J connectivity index is 1.43. The molecule has 0 radical (unpaired) electrons. The predicted octanol–water partition coefficient (Wildman–Crippen LogP) is 8.25. The van der Waals surface area contributed by atoms with Gasteiger partial charge in [0.05, 0.1) is 0 Å². The number of allylic oxidation sites excluding steroid dienone is 2. The van der Waals surface area contributed by atoms with Crippen molar-refractivity contribution in [1.29, 1.82) is 0 Å². The Bertz CT molecular complexity index is 818. The van der Waals surface area contributed by atoms with Gasteiger partial charge in [-0.25, -0.2) is 0 Å². The molecule has 0 atom stereocenters. The maximum Gasteiger partial charge on any atom is 0.0249 e. The molecular formula is C30H38. The fourth-order valence-electron chi connectivity index (χ4n) is 4.53. The first-order chi connectivity index (χ1) is 14.8. The van der Waals surface area contributed by atoms with E-state index in [-0.39, 0.29) is 0 Å². The van der Waals surface area contributed by atoms with Crippen LogP contribution >= 0.6 is 0 Å². The molecular weight excluding hydrogens is 360 g/mol. The fraction of sp³-hybridized carbons (Fsp3) is 0.467. The second kappa shape index (κ2) is 12.4. The Morgan fingerprint density at radius 2 is 1.43 bits per heavy atom. The lowest BCUT2D eigenvalue weighted by Crippen LogP contribution is -2.11. The zero-order valence-electron chi connectivity index (χ0n) is 19.0. The Hall–Kier alpha value is -2.26. The zero-order valence-corrected chi connectivity index (χ0v) is 19.0. The van der Waals surface area contributed by atoms with E-state index in [4.69, 9.17) is 0 Å². The van der Waals surface area contributed by atoms with E-state index in [2.05, 4.69) is 86.4 Å². The predicted molar refractivity (Wildman–Crippen MR) is 131 cm³/mol. The maximum absolute atomic E-state index is 3.27. The second-order valence-corrected chi connectivity index (χ2v) is 8.89. The van der Waals surface area contributed by atoms with Gasteiger partial charge < -0.3 is 0 Å². The summed E-state index contributed by atoms with van der Waals surface area (Å²) in [6.07, 6.45) is 17.1. The van der Waals surface area contributed by atoms with E-state index in [0.29, 0.717) is 5.92 Å². The van der Waals surface area contributed by atoms with Crippen LogP contribution in [0.1, 0.15) is 93.4 Å². The Kier molecular flexibility index (Phi) is 9.30. The molecule has 0 aliphatic heterocycles. The van der Waals surface area contributed by atoms with Crippen molar-refractivity contribution >= 4 is 0 Å². The van der Waals surface area contributed by atoms with E-state index in [1.54, 1.807) is 5.56 Å². The molecule has 1 aliphatic carbocycles. The first-order valence-electron chi connectivity index (χ1n) is 12.1. The van der Waals surface area contributed by atoms with Crippen molar-refractivity contribution in [2.45, 2.75) is 84.0 Å². The van der Waals surface area contributed by atoms with Crippen LogP contribution in [0.4, 0.5) is 0 Å². The highest BCUT2D eigenvalue weighted by Crippen LogP contribution is 2.36. The molecule has 0 bridgehead atoms. The zero-order chi connectivity index (χ0) is 21.0. The van der Waals surface area contributed by atoms with Crippen molar-refractivity contribution in [3.05, 3.63) is 82.9 Å². The highest BCUT2D eigenvalue weighted by atomic mass is 14.3. The molecule has 0 amide bonds. The molecule has 0 saturated heterocycles. The Morgan fingerprint density at radius 3 is 2.10 bits per heavy atom. The van der Waals surface area contributed by atoms with Crippen LogP contribution < -0.4 is 0 Å². The standard InChI is InChI=1S/C30H38/c1-3-5-6-10-27-17-21-29(22-18-27)30-23-19-28(20-24-30)12-8-7-11-26-15-13-25(9-4-2)14-16-26/h8,12-18,21-22,28,30H,3-6,9-10,19-20,23-24H2,1-2H3. The third-order valence-corrected chi connectivity index (χ3v) is 6.45. The lowest BCUT2D eigenvalue weighted by Gasteiger charge is -2.27. The number of hydrogen-bond acceptors (Lipinski definition) is 0. The van der Waals surface area contributed by atoms with Crippen LogP contribution in [-0.4, -0.2) is 0 Å². The molecule has 1 aliphatic rings. The Labute approximate surface area is 184 Å². The molecule has 0 unspecified atom stereocenters. The lowest BCUT2D eigenvalue weighted by molar-refractivity contribution is 0.376. The van der Waals surface area contributed by atoms with Crippen LogP contribution in [0, 0.1) is 17.8 Å². The van der Waals surface area contributed by atoms with Gasteiger partial charge in [0, 0.05) is 5.56 Å². The van der Waals surface area contributed by atoms with Gasteiger partial charge in [-0.05, 0) is 91.7 Å². The molecule has 2 aromatic carbocycles. The number of aryl methyl sites for hydroxylation is 2. The van der Waals surface area contributed by atoms with Gasteiger partial charge in [-0.1, -0.05) is 87.4 Å². The summed E-state index contributed by atoms with van der Waals surface area (Å²) in [5, 5.41) is 0. The van der Waals surface area contributed by atoms with E-state index >= 15 is 0 Å². The molecule has 1 saturated carbocycles. The van der Waals surface area contributed by atoms with Gasteiger partial charge in [0.25, 0.3) is 0 Å². The average molecular weight is 399 g/mol. The van der Waals surface area contributed by atoms with Crippen molar-refractivity contribution in [2.75, 3.05) is 0 Å². The van der Waals surface area contributed by atoms with Gasteiger partial charge in [-0.2, -0.15) is 0 Å². The monoisotopic (exact) mass is 398 g/mol. The van der Waals surface area contributed by atoms with Crippen LogP contribution in [0.15, 0.2) is 60.7 Å². The molecule has 0 heterocycles. The first kappa shape index (κ1) is 22.4. The van der Waals surface area contributed by atoms with E-state index in [0.717, 1.165) is 17.9 Å². The molecule has 2 aromatic rings. The van der Waals surface area contributed by atoms with Gasteiger partial charge in [-0.15, -0.1) is 0 Å². The van der Waals surface area contributed by atoms with E-state index < -0.39 is 0 Å². The van der Waals surface area contributed by atoms with Crippen molar-refractivity contribution in [2.24, 2.45) is 5.92 Å². The van der Waals surface area contributed by atoms with E-state index in [1.165, 1.54) is 68.9 Å². The summed E-state index contributed by atoms with van der Waals surface area (Å²) in [6, 6.07) is 18.2. The van der Waals surface area contributed by atoms with E-state index in [1.807, 2.05) is 0 Å². The summed E-state index contributed by atoms with van der Waals surface area (Å²) in [7, 11) is 0. The van der Waals surface area contributed by atoms with Gasteiger partial charge in [0.2, 0.25) is 0 Å². The van der Waals surface area contributed by atoms with Crippen molar-refractivity contribution in [3.63, 3.8) is 0 Å². The SMILES string of the molecule is CCCCCc1ccc(C2CCC(C=CC#Cc3ccc(CCC)cc3)CC2)cc1. The molecule has 0 spiro atoms. The molecule has 0 N–H and O–H groups in total. The number of unbranched alkanes of at least 4 members (excludes halogenated alkanes) is 2. The molecule has 3 rings (SSSR count). The van der Waals surface area contributed by atoms with Crippen LogP contribution in [0.5, 0.6) is 0 Å². The number of benzene rings is 2. The average Bonchev–Trinajstić information content (AvgIpc) is 2.79. The highest BCUT2D eigenvalue weighted by Gasteiger charge is 2.20. The summed E-state index contributed by atoms with van der Waals surface area (Å²) in [6.45, 7) is 4.49. The summed E-state index contributed by atoms with van der Waals surface area (Å²) >= 11 is 0. The smallest absolute Gasteiger partial charge is 0.0249 e. The molecule has 1 fully saturated rings. The van der Waals surface area contributed by atoms with Crippen molar-refractivity contribution < 1.29 is 0 Å². The number of hydrogen-bond donors (Lipinski definition) is 0. The largest absolute Gasteiger partial charge is 0.0730 e. The molecule has 0 aromatic heterocycles. The van der Waals surface area contributed by atoms with Crippen molar-refractivity contribution in [1.82, 2.24) is 0 Å². The topological polar surface area (TPSA) is 0 Å². The minimum absolute atomic E-state index is 0.691. The van der Waals surface area contributed by atoms with Crippen LogP contribution in [0.25, 0.3) is 0 Å². The Morgan fingerprint density at radius 1 is 0.767 bits per heavy atom. The summed E-state index contributed by atoms with van der Waals surface area (Å²) in [5.74, 6) is 7.95. The summed E-state index contributed by atoms with van der Waals surface area (Å²) < 4.78 is 0. The molecule has 158 valence electrons. The van der Waals surface area contributed by atoms with Gasteiger partial charge in [0.1, 0.15) is 0 Å². The maximum atomic E-state index is 3.27. The van der Waals surface area contributed by atoms with Gasteiger partial charge in [0.15, 0.2) is 0 Å². The normalized spacial score (nSPS) is 18.9. The molecule has 0 nitrogen and oxygen atoms in total. The highest BCUT2D eigenvalue weighted by molar-refractivity contribution is 5.38. The van der Waals surface area contributed by atoms with Gasteiger partial charge >= 0.3 is 0 Å². The van der Waals surface area contributed by atoms with Gasteiger partial charge in [-0.3, -0.25) is 0 Å². The van der Waals surface area contributed by atoms with Crippen LogP contribution in [-0.2, 0) is 12.8 Å². The third kappa shape index (κ3) is 7.21. The second-order valence-electron chi connectivity index (χ2n) is 8.89. The first-order valence-corrected chi connectivity index (χ1v) is 12.1. The van der Waals surface area contributed by atoms with Crippen molar-refractivity contribution in [3.8, 4) is 11.8 Å².